The maximum atomic E-state index is 9.01. The molecule has 6 heteroatoms. The summed E-state index contributed by atoms with van der Waals surface area (Å²) in [5.41, 5.74) is 5.40. The maximum Gasteiger partial charge on any atom is 0.200 e. The second-order valence-corrected chi connectivity index (χ2v) is 26.2. The molecule has 4 aromatic rings. The fourth-order valence-corrected chi connectivity index (χ4v) is 16.1. The summed E-state index contributed by atoms with van der Waals surface area (Å²) in [4.78, 5) is 0. The van der Waals surface area contributed by atoms with Crippen LogP contribution in [0, 0.1) is 59.2 Å². The Morgan fingerprint density at radius 3 is 0.938 bits per heavy atom. The van der Waals surface area contributed by atoms with Crippen molar-refractivity contribution in [2.24, 2.45) is 59.2 Å². The van der Waals surface area contributed by atoms with Crippen LogP contribution in [-0.4, -0.2) is 36.0 Å². The van der Waals surface area contributed by atoms with Crippen LogP contribution in [0.15, 0.2) is 97.1 Å². The van der Waals surface area contributed by atoms with Gasteiger partial charge in [-0.2, -0.15) is 0 Å². The van der Waals surface area contributed by atoms with Crippen molar-refractivity contribution in [1.82, 2.24) is 0 Å². The van der Waals surface area contributed by atoms with Crippen molar-refractivity contribution in [2.75, 3.05) is 13.2 Å². The first kappa shape index (κ1) is 64.6. The summed E-state index contributed by atoms with van der Waals surface area (Å²) < 4.78 is 25.2. The Labute approximate surface area is 494 Å². The molecule has 14 unspecified atom stereocenters. The number of hydrogen-bond acceptors (Lipinski definition) is 6. The Bertz CT molecular complexity index is 2220. The quantitative estimate of drug-likeness (QED) is 0.0859. The zero-order valence-corrected chi connectivity index (χ0v) is 52.7. The molecule has 0 heterocycles. The number of fused-ring (bicyclic) bond motifs is 5. The molecule has 14 atom stereocenters. The van der Waals surface area contributed by atoms with Gasteiger partial charge in [0.05, 0.1) is 0 Å². The second kappa shape index (κ2) is 33.5. The molecule has 6 aliphatic rings. The lowest BCUT2D eigenvalue weighted by Crippen LogP contribution is -2.45. The van der Waals surface area contributed by atoms with Crippen LogP contribution >= 0.6 is 0 Å². The minimum absolute atomic E-state index is 0.0947. The Kier molecular flexibility index (Phi) is 26.7. The zero-order valence-electron chi connectivity index (χ0n) is 52.7. The first-order chi connectivity index (χ1) is 39.4. The van der Waals surface area contributed by atoms with Crippen LogP contribution in [0.2, 0.25) is 0 Å². The van der Waals surface area contributed by atoms with Gasteiger partial charge in [0.15, 0.2) is 12.6 Å². The zero-order chi connectivity index (χ0) is 57.7. The van der Waals surface area contributed by atoms with Crippen molar-refractivity contribution >= 4 is 0 Å². The van der Waals surface area contributed by atoms with Crippen molar-refractivity contribution in [2.45, 2.75) is 253 Å². The fraction of sp³-hybridized carbons (Fsp3) is 0.680. The molecular weight excluding hydrogens is 997 g/mol. The van der Waals surface area contributed by atoms with Gasteiger partial charge in [-0.15, -0.1) is 0 Å². The van der Waals surface area contributed by atoms with E-state index in [-0.39, 0.29) is 12.6 Å². The third-order valence-electron chi connectivity index (χ3n) is 21.5. The van der Waals surface area contributed by atoms with E-state index in [9.17, 15) is 0 Å². The number of rotatable bonds is 20. The molecule has 0 radical (unpaired) electrons. The molecule has 6 nitrogen and oxygen atoms in total. The summed E-state index contributed by atoms with van der Waals surface area (Å²) in [6.45, 7) is 23.5. The summed E-state index contributed by atoms with van der Waals surface area (Å²) in [5, 5.41) is 18.0. The number of phenolic OH excluding ortho intramolecular Hbond substituents is 2. The molecule has 0 spiro atoms. The molecule has 6 saturated carbocycles. The van der Waals surface area contributed by atoms with E-state index in [0.29, 0.717) is 35.2 Å². The second-order valence-electron chi connectivity index (χ2n) is 26.2. The first-order valence-corrected chi connectivity index (χ1v) is 33.7. The average molecular weight is 1110 g/mol. The number of benzene rings is 4. The highest BCUT2D eigenvalue weighted by Gasteiger charge is 2.51. The molecule has 10 rings (SSSR count). The Balaban J connectivity index is 0.000000171. The van der Waals surface area contributed by atoms with Gasteiger partial charge in [-0.25, -0.2) is 0 Å². The lowest BCUT2D eigenvalue weighted by Gasteiger charge is -2.52. The van der Waals surface area contributed by atoms with Gasteiger partial charge in [-0.1, -0.05) is 168 Å². The standard InChI is InChI=1S/C28H44O2.C27H42O2.2C10H14O/c1-4-20(3)21-14-16-24(17-15-21)30-28(29-5-2)19-27-25-12-8-6-10-22(25)18-23-11-7-9-13-26(23)27;1-4-19(3)20-14-16-21(17-15-20)29-27(28-5-2)18-26-24-12-8-6-10-22(24)23-11-7-9-13-25(23)26;2*1-3-8(2)9-4-6-10(11)7-5-9/h14-17,20,22-23,25-28H,4-13,18-19H2,1-3H3;14-17,19,22-27H,4-13,18H2,1-3H3;2*4-8,11H,3H2,1-2H3. The van der Waals surface area contributed by atoms with Crippen LogP contribution in [0.3, 0.4) is 0 Å². The Morgan fingerprint density at radius 1 is 0.358 bits per heavy atom. The van der Waals surface area contributed by atoms with Crippen molar-refractivity contribution in [1.29, 1.82) is 0 Å². The van der Waals surface area contributed by atoms with Crippen LogP contribution in [0.1, 0.15) is 263 Å². The smallest absolute Gasteiger partial charge is 0.200 e. The van der Waals surface area contributed by atoms with E-state index in [1.54, 1.807) is 24.3 Å². The van der Waals surface area contributed by atoms with E-state index >= 15 is 0 Å². The van der Waals surface area contributed by atoms with E-state index in [1.807, 2.05) is 24.3 Å². The van der Waals surface area contributed by atoms with Crippen molar-refractivity contribution in [3.05, 3.63) is 119 Å². The van der Waals surface area contributed by atoms with E-state index in [0.717, 1.165) is 110 Å². The molecule has 81 heavy (non-hydrogen) atoms. The minimum atomic E-state index is -0.0994. The van der Waals surface area contributed by atoms with Crippen LogP contribution in [-0.2, 0) is 9.47 Å². The summed E-state index contributed by atoms with van der Waals surface area (Å²) in [5.74, 6) is 14.2. The maximum absolute atomic E-state index is 9.01. The van der Waals surface area contributed by atoms with E-state index in [1.165, 1.54) is 144 Å². The summed E-state index contributed by atoms with van der Waals surface area (Å²) in [6, 6.07) is 32.4. The van der Waals surface area contributed by atoms with Crippen LogP contribution in [0.5, 0.6) is 23.0 Å². The molecule has 0 bridgehead atoms. The predicted molar refractivity (Wildman–Crippen MR) is 339 cm³/mol. The summed E-state index contributed by atoms with van der Waals surface area (Å²) in [7, 11) is 0. The molecule has 0 amide bonds. The van der Waals surface area contributed by atoms with Gasteiger partial charge in [0.25, 0.3) is 0 Å². The van der Waals surface area contributed by atoms with Crippen LogP contribution in [0.4, 0.5) is 0 Å². The number of hydrogen-bond donors (Lipinski definition) is 2. The summed E-state index contributed by atoms with van der Waals surface area (Å²) in [6.07, 6.45) is 31.4. The molecule has 6 aliphatic carbocycles. The normalized spacial score (nSPS) is 27.8. The van der Waals surface area contributed by atoms with Gasteiger partial charge >= 0.3 is 0 Å². The highest BCUT2D eigenvalue weighted by molar-refractivity contribution is 5.31. The fourth-order valence-electron chi connectivity index (χ4n) is 16.1. The van der Waals surface area contributed by atoms with E-state index in [2.05, 4.69) is 118 Å². The molecule has 450 valence electrons. The van der Waals surface area contributed by atoms with Gasteiger partial charge in [0, 0.05) is 26.1 Å². The van der Waals surface area contributed by atoms with Crippen molar-refractivity contribution < 1.29 is 29.2 Å². The van der Waals surface area contributed by atoms with Gasteiger partial charge in [0.2, 0.25) is 0 Å². The topological polar surface area (TPSA) is 77.4 Å². The number of phenols is 2. The monoisotopic (exact) mass is 1110 g/mol. The lowest BCUT2D eigenvalue weighted by molar-refractivity contribution is -0.117. The van der Waals surface area contributed by atoms with Gasteiger partial charge in [0.1, 0.15) is 23.0 Å². The van der Waals surface area contributed by atoms with Crippen molar-refractivity contribution in [3.63, 3.8) is 0 Å². The van der Waals surface area contributed by atoms with Gasteiger partial charge < -0.3 is 29.2 Å². The molecule has 4 aromatic carbocycles. The molecule has 0 saturated heterocycles. The minimum Gasteiger partial charge on any atom is -0.508 e. The molecule has 0 aliphatic heterocycles. The SMILES string of the molecule is CCC(C)c1ccc(O)cc1.CCC(C)c1ccc(O)cc1.CCOC(CC1C2CCCCC2C2CCCCC21)Oc1ccc(C(C)CC)cc1.CCOC(CC1C2CCCCC2CC2CCCCC21)Oc1ccc(C(C)CC)cc1. The number of ether oxygens (including phenoxy) is 4. The highest BCUT2D eigenvalue weighted by atomic mass is 16.7. The number of aromatic hydroxyl groups is 2. The van der Waals surface area contributed by atoms with Crippen molar-refractivity contribution in [3.8, 4) is 23.0 Å². The molecule has 0 aromatic heterocycles. The van der Waals surface area contributed by atoms with Crippen LogP contribution in [0.25, 0.3) is 0 Å². The largest absolute Gasteiger partial charge is 0.508 e. The highest BCUT2D eigenvalue weighted by Crippen LogP contribution is 2.59. The third-order valence-corrected chi connectivity index (χ3v) is 21.5. The molecular formula is C75H114O6. The molecule has 6 fully saturated rings. The van der Waals surface area contributed by atoms with Crippen LogP contribution < -0.4 is 9.47 Å². The van der Waals surface area contributed by atoms with E-state index < -0.39 is 0 Å². The summed E-state index contributed by atoms with van der Waals surface area (Å²) >= 11 is 0. The van der Waals surface area contributed by atoms with E-state index in [4.69, 9.17) is 29.2 Å². The first-order valence-electron chi connectivity index (χ1n) is 33.7. The third kappa shape index (κ3) is 18.5. The van der Waals surface area contributed by atoms with Gasteiger partial charge in [-0.3, -0.25) is 0 Å². The Morgan fingerprint density at radius 2 is 0.630 bits per heavy atom. The molecule has 2 N–H and O–H groups in total. The Hall–Kier alpha value is -4.00. The lowest BCUT2D eigenvalue weighted by atomic mass is 9.54. The van der Waals surface area contributed by atoms with Gasteiger partial charge in [-0.05, 0) is 238 Å². The average Bonchev–Trinajstić information content (AvgIpc) is 3.89. The predicted octanol–water partition coefficient (Wildman–Crippen LogP) is 21.3.